The normalized spacial score (nSPS) is 23.2. The molecule has 1 aromatic rings. The van der Waals surface area contributed by atoms with E-state index in [9.17, 15) is 0 Å². The maximum absolute atomic E-state index is 9.10. The molecule has 0 aliphatic carbocycles. The highest BCUT2D eigenvalue weighted by Gasteiger charge is 2.38. The topological polar surface area (TPSA) is 81.1 Å². The van der Waals surface area contributed by atoms with E-state index in [2.05, 4.69) is 48.9 Å². The molecule has 0 saturated carbocycles. The van der Waals surface area contributed by atoms with Crippen LogP contribution < -0.4 is 4.90 Å². The lowest BCUT2D eigenvalue weighted by molar-refractivity contribution is -0.159. The van der Waals surface area contributed by atoms with Crippen LogP contribution in [0.5, 0.6) is 0 Å². The van der Waals surface area contributed by atoms with Gasteiger partial charge in [0.2, 0.25) is 0 Å². The van der Waals surface area contributed by atoms with Gasteiger partial charge in [-0.2, -0.15) is 0 Å². The summed E-state index contributed by atoms with van der Waals surface area (Å²) in [6.07, 6.45) is 0. The summed E-state index contributed by atoms with van der Waals surface area (Å²) in [5, 5.41) is 14.8. The van der Waals surface area contributed by atoms with Crippen molar-refractivity contribution in [2.24, 2.45) is 11.8 Å². The highest BCUT2D eigenvalue weighted by molar-refractivity contribution is 6.27. The van der Waals surface area contributed by atoms with Crippen LogP contribution >= 0.6 is 0 Å². The Morgan fingerprint density at radius 2 is 1.52 bits per heavy atom. The maximum Gasteiger partial charge on any atom is 0.414 e. The lowest BCUT2D eigenvalue weighted by Crippen LogP contribution is -2.27. The molecular weight excluding hydrogens is 296 g/mol. The molecule has 0 aromatic heterocycles. The zero-order valence-electron chi connectivity index (χ0n) is 13.8. The van der Waals surface area contributed by atoms with Crippen molar-refractivity contribution in [1.82, 2.24) is 4.90 Å². The number of aliphatic carboxylic acids is 2. The lowest BCUT2D eigenvalue weighted by Gasteiger charge is -2.24. The van der Waals surface area contributed by atoms with Crippen molar-refractivity contribution >= 4 is 17.6 Å². The van der Waals surface area contributed by atoms with Crippen LogP contribution in [0.4, 0.5) is 5.69 Å². The molecule has 2 saturated heterocycles. The van der Waals surface area contributed by atoms with E-state index in [1.807, 2.05) is 0 Å². The van der Waals surface area contributed by atoms with E-state index >= 15 is 0 Å². The number of likely N-dealkylation sites (tertiary alicyclic amines) is 1. The third-order valence-electron chi connectivity index (χ3n) is 4.77. The molecule has 6 heteroatoms. The fourth-order valence-corrected chi connectivity index (χ4v) is 3.50. The van der Waals surface area contributed by atoms with E-state index in [4.69, 9.17) is 19.8 Å². The summed E-state index contributed by atoms with van der Waals surface area (Å²) >= 11 is 0. The zero-order chi connectivity index (χ0) is 17.1. The number of fused-ring (bicyclic) bond motifs is 1. The van der Waals surface area contributed by atoms with Crippen LogP contribution in [-0.4, -0.2) is 60.3 Å². The Bertz CT molecular complexity index is 576. The number of aryl methyl sites for hydroxylation is 1. The molecule has 6 nitrogen and oxygen atoms in total. The van der Waals surface area contributed by atoms with Crippen LogP contribution in [0.1, 0.15) is 11.1 Å². The monoisotopic (exact) mass is 320 g/mol. The predicted molar refractivity (Wildman–Crippen MR) is 87.9 cm³/mol. The molecule has 2 N–H and O–H groups in total. The first-order valence-corrected chi connectivity index (χ1v) is 7.75. The van der Waals surface area contributed by atoms with Gasteiger partial charge in [-0.3, -0.25) is 0 Å². The molecule has 2 aliphatic rings. The first kappa shape index (κ1) is 17.3. The van der Waals surface area contributed by atoms with E-state index < -0.39 is 11.9 Å². The van der Waals surface area contributed by atoms with Gasteiger partial charge >= 0.3 is 11.9 Å². The van der Waals surface area contributed by atoms with Gasteiger partial charge < -0.3 is 20.0 Å². The average molecular weight is 320 g/mol. The van der Waals surface area contributed by atoms with Crippen molar-refractivity contribution in [2.45, 2.75) is 13.8 Å². The highest BCUT2D eigenvalue weighted by atomic mass is 16.4. The maximum atomic E-state index is 9.10. The second-order valence-corrected chi connectivity index (χ2v) is 6.48. The second kappa shape index (κ2) is 7.00. The highest BCUT2D eigenvalue weighted by Crippen LogP contribution is 2.35. The Kier molecular flexibility index (Phi) is 5.26. The van der Waals surface area contributed by atoms with Gasteiger partial charge in [0.05, 0.1) is 0 Å². The SMILES string of the molecule is Cc1cccc(N2CC3CN(C)CC3C2)c1C.O=C(O)C(=O)O. The van der Waals surface area contributed by atoms with Crippen molar-refractivity contribution in [3.63, 3.8) is 0 Å². The van der Waals surface area contributed by atoms with E-state index in [1.54, 1.807) is 0 Å². The van der Waals surface area contributed by atoms with Crippen LogP contribution in [0.3, 0.4) is 0 Å². The van der Waals surface area contributed by atoms with Gasteiger partial charge in [0.1, 0.15) is 0 Å². The van der Waals surface area contributed by atoms with E-state index in [-0.39, 0.29) is 0 Å². The Morgan fingerprint density at radius 1 is 1.00 bits per heavy atom. The summed E-state index contributed by atoms with van der Waals surface area (Å²) in [7, 11) is 2.25. The number of benzene rings is 1. The fraction of sp³-hybridized carbons (Fsp3) is 0.529. The minimum Gasteiger partial charge on any atom is -0.473 e. The Morgan fingerprint density at radius 3 is 2.00 bits per heavy atom. The van der Waals surface area contributed by atoms with Crippen LogP contribution in [0, 0.1) is 25.7 Å². The number of hydrogen-bond donors (Lipinski definition) is 2. The Hall–Kier alpha value is -2.08. The molecule has 0 spiro atoms. The summed E-state index contributed by atoms with van der Waals surface area (Å²) in [5.41, 5.74) is 4.33. The minimum absolute atomic E-state index is 0.889. The lowest BCUT2D eigenvalue weighted by atomic mass is 10.0. The molecule has 0 radical (unpaired) electrons. The largest absolute Gasteiger partial charge is 0.473 e. The molecule has 2 fully saturated rings. The van der Waals surface area contributed by atoms with Gasteiger partial charge in [-0.25, -0.2) is 9.59 Å². The van der Waals surface area contributed by atoms with E-state index in [1.165, 1.54) is 43.0 Å². The van der Waals surface area contributed by atoms with Crippen LogP contribution in [0.15, 0.2) is 18.2 Å². The van der Waals surface area contributed by atoms with Crippen molar-refractivity contribution in [2.75, 3.05) is 38.1 Å². The average Bonchev–Trinajstić information content (AvgIpc) is 2.99. The smallest absolute Gasteiger partial charge is 0.414 e. The third-order valence-corrected chi connectivity index (χ3v) is 4.77. The third kappa shape index (κ3) is 4.01. The first-order valence-electron chi connectivity index (χ1n) is 7.75. The molecule has 3 rings (SSSR count). The molecule has 0 amide bonds. The van der Waals surface area contributed by atoms with Gasteiger partial charge in [-0.15, -0.1) is 0 Å². The number of carboxylic acid groups (broad SMARTS) is 2. The molecule has 23 heavy (non-hydrogen) atoms. The number of anilines is 1. The number of nitrogens with zero attached hydrogens (tertiary/aromatic N) is 2. The number of hydrogen-bond acceptors (Lipinski definition) is 4. The number of carbonyl (C=O) groups is 2. The summed E-state index contributed by atoms with van der Waals surface area (Å²) in [6.45, 7) is 9.53. The van der Waals surface area contributed by atoms with Gasteiger partial charge in [0.15, 0.2) is 0 Å². The van der Waals surface area contributed by atoms with Crippen molar-refractivity contribution in [1.29, 1.82) is 0 Å². The fourth-order valence-electron chi connectivity index (χ4n) is 3.50. The van der Waals surface area contributed by atoms with Crippen LogP contribution in [0.2, 0.25) is 0 Å². The summed E-state index contributed by atoms with van der Waals surface area (Å²) in [5.74, 6) is -1.87. The van der Waals surface area contributed by atoms with Crippen LogP contribution in [-0.2, 0) is 9.59 Å². The Labute approximate surface area is 136 Å². The molecule has 2 unspecified atom stereocenters. The number of carboxylic acids is 2. The molecule has 2 aliphatic heterocycles. The van der Waals surface area contributed by atoms with Crippen molar-refractivity contribution in [3.05, 3.63) is 29.3 Å². The van der Waals surface area contributed by atoms with Crippen molar-refractivity contribution in [3.8, 4) is 0 Å². The minimum atomic E-state index is -1.82. The first-order chi connectivity index (χ1) is 10.8. The number of rotatable bonds is 1. The summed E-state index contributed by atoms with van der Waals surface area (Å²) in [6, 6.07) is 6.69. The molecule has 1 aromatic carbocycles. The van der Waals surface area contributed by atoms with Gasteiger partial charge in [-0.1, -0.05) is 12.1 Å². The van der Waals surface area contributed by atoms with Gasteiger partial charge in [-0.05, 0) is 49.9 Å². The summed E-state index contributed by atoms with van der Waals surface area (Å²) < 4.78 is 0. The van der Waals surface area contributed by atoms with E-state index in [0.29, 0.717) is 0 Å². The predicted octanol–water partition coefficient (Wildman–Crippen LogP) is 1.46. The van der Waals surface area contributed by atoms with Gasteiger partial charge in [0, 0.05) is 31.9 Å². The molecule has 2 atom stereocenters. The van der Waals surface area contributed by atoms with E-state index in [0.717, 1.165) is 11.8 Å². The second-order valence-electron chi connectivity index (χ2n) is 6.48. The molecular formula is C17H24N2O4. The van der Waals surface area contributed by atoms with Gasteiger partial charge in [0.25, 0.3) is 0 Å². The molecule has 126 valence electrons. The summed E-state index contributed by atoms with van der Waals surface area (Å²) in [4.78, 5) is 23.3. The molecule has 2 heterocycles. The zero-order valence-corrected chi connectivity index (χ0v) is 13.8. The Balaban J connectivity index is 0.000000277. The van der Waals surface area contributed by atoms with Crippen molar-refractivity contribution < 1.29 is 19.8 Å². The quantitative estimate of drug-likeness (QED) is 0.763. The molecule has 0 bridgehead atoms. The van der Waals surface area contributed by atoms with Crippen LogP contribution in [0.25, 0.3) is 0 Å². The standard InChI is InChI=1S/C15H22N2.C2H2O4/c1-11-5-4-6-15(12(11)2)17-9-13-7-16(3)8-14(13)10-17;3-1(4)2(5)6/h4-6,13-14H,7-10H2,1-3H3;(H,3,4)(H,5,6).